The first-order valence-electron chi connectivity index (χ1n) is 9.13. The normalized spacial score (nSPS) is 20.9. The van der Waals surface area contributed by atoms with Gasteiger partial charge in [0, 0.05) is 16.3 Å². The molecule has 2 nitrogen and oxygen atoms in total. The first-order valence-corrected chi connectivity index (χ1v) is 12.9. The smallest absolute Gasteiger partial charge is 0.139 e. The Morgan fingerprint density at radius 1 is 0.852 bits per heavy atom. The van der Waals surface area contributed by atoms with Gasteiger partial charge < -0.3 is 4.90 Å². The van der Waals surface area contributed by atoms with Crippen LogP contribution in [0.5, 0.6) is 0 Å². The number of rotatable bonds is 6. The van der Waals surface area contributed by atoms with Crippen LogP contribution in [-0.4, -0.2) is 39.7 Å². The average Bonchev–Trinajstić information content (AvgIpc) is 2.73. The van der Waals surface area contributed by atoms with Gasteiger partial charge in [0.15, 0.2) is 0 Å². The Labute approximate surface area is 181 Å². The van der Waals surface area contributed by atoms with E-state index in [1.165, 1.54) is 20.9 Å². The Bertz CT molecular complexity index is 761. The highest BCUT2D eigenvalue weighted by atomic mass is 32.2. The minimum absolute atomic E-state index is 0.176. The van der Waals surface area contributed by atoms with E-state index in [4.69, 9.17) is 12.2 Å². The van der Waals surface area contributed by atoms with E-state index in [1.807, 2.05) is 0 Å². The van der Waals surface area contributed by atoms with Gasteiger partial charge in [0.05, 0.1) is 5.37 Å². The van der Waals surface area contributed by atoms with Gasteiger partial charge in [0.25, 0.3) is 0 Å². The molecular weight excluding hydrogens is 409 g/mol. The molecule has 1 heterocycles. The van der Waals surface area contributed by atoms with Crippen LogP contribution in [0.15, 0.2) is 58.3 Å². The molecule has 2 unspecified atom stereocenters. The monoisotopic (exact) mass is 434 g/mol. The lowest BCUT2D eigenvalue weighted by atomic mass is 10.1. The van der Waals surface area contributed by atoms with Crippen molar-refractivity contribution < 1.29 is 0 Å². The third-order valence-electron chi connectivity index (χ3n) is 4.88. The summed E-state index contributed by atoms with van der Waals surface area (Å²) in [5.41, 5.74) is 2.63. The van der Waals surface area contributed by atoms with Gasteiger partial charge in [-0.1, -0.05) is 55.2 Å². The van der Waals surface area contributed by atoms with Crippen molar-refractivity contribution in [3.05, 3.63) is 59.7 Å². The summed E-state index contributed by atoms with van der Waals surface area (Å²) in [4.78, 5) is 7.50. The van der Waals surface area contributed by atoms with E-state index in [0.717, 1.165) is 17.4 Å². The quantitative estimate of drug-likeness (QED) is 0.375. The first kappa shape index (κ1) is 21.1. The summed E-state index contributed by atoms with van der Waals surface area (Å²) < 4.78 is 0.986. The molecule has 0 aliphatic carbocycles. The Morgan fingerprint density at radius 3 is 1.81 bits per heavy atom. The molecule has 0 bridgehead atoms. The number of hydrogen-bond donors (Lipinski definition) is 0. The molecule has 1 fully saturated rings. The summed E-state index contributed by atoms with van der Waals surface area (Å²) in [5, 5.41) is 0.242. The summed E-state index contributed by atoms with van der Waals surface area (Å²) in [7, 11) is 0. The minimum atomic E-state index is 0.176. The van der Waals surface area contributed by atoms with Gasteiger partial charge in [-0.25, -0.2) is 0 Å². The summed E-state index contributed by atoms with van der Waals surface area (Å²) in [6, 6.07) is 17.9. The number of hydrogen-bond acceptors (Lipinski definition) is 5. The van der Waals surface area contributed by atoms with E-state index in [0.29, 0.717) is 0 Å². The van der Waals surface area contributed by atoms with Gasteiger partial charge in [-0.05, 0) is 61.4 Å². The maximum Gasteiger partial charge on any atom is 0.139 e. The molecule has 0 radical (unpaired) electrons. The predicted octanol–water partition coefficient (Wildman–Crippen LogP) is 6.50. The van der Waals surface area contributed by atoms with Crippen molar-refractivity contribution in [2.45, 2.75) is 35.2 Å². The van der Waals surface area contributed by atoms with Gasteiger partial charge in [0.2, 0.25) is 0 Å². The van der Waals surface area contributed by atoms with Gasteiger partial charge in [-0.3, -0.25) is 4.90 Å². The highest BCUT2D eigenvalue weighted by Crippen LogP contribution is 2.46. The number of nitrogens with zero attached hydrogens (tertiary/aromatic N) is 2. The molecule has 0 N–H and O–H groups in total. The molecule has 144 valence electrons. The van der Waals surface area contributed by atoms with Crippen LogP contribution in [0.3, 0.4) is 0 Å². The molecule has 1 saturated heterocycles. The Kier molecular flexibility index (Phi) is 7.57. The second kappa shape index (κ2) is 9.70. The third kappa shape index (κ3) is 4.51. The molecule has 0 saturated carbocycles. The van der Waals surface area contributed by atoms with Crippen LogP contribution in [-0.2, 0) is 0 Å². The van der Waals surface area contributed by atoms with Crippen LogP contribution in [0, 0.1) is 0 Å². The molecule has 1 aliphatic rings. The molecule has 0 aromatic heterocycles. The zero-order chi connectivity index (χ0) is 19.4. The van der Waals surface area contributed by atoms with Gasteiger partial charge in [-0.2, -0.15) is 0 Å². The van der Waals surface area contributed by atoms with Crippen LogP contribution in [0.2, 0.25) is 0 Å². The van der Waals surface area contributed by atoms with E-state index >= 15 is 0 Å². The molecule has 1 aliphatic heterocycles. The number of benzene rings is 2. The standard InChI is InChI=1S/C21H26N2S4/c1-5-22-19(15-7-11-17(25-3)12-8-15)23(6-2)21(24)27-20(22)16-9-13-18(26-4)14-10-16/h7-14,19-20H,5-6H2,1-4H3. The fourth-order valence-electron chi connectivity index (χ4n) is 3.45. The van der Waals surface area contributed by atoms with Gasteiger partial charge in [0.1, 0.15) is 10.5 Å². The van der Waals surface area contributed by atoms with Crippen molar-refractivity contribution in [1.82, 2.24) is 9.80 Å². The summed E-state index contributed by atoms with van der Waals surface area (Å²) in [6.07, 6.45) is 4.41. The fraction of sp³-hybridized carbons (Fsp3) is 0.381. The van der Waals surface area contributed by atoms with Crippen molar-refractivity contribution in [3.8, 4) is 0 Å². The van der Waals surface area contributed by atoms with Crippen LogP contribution in [0.1, 0.15) is 36.5 Å². The molecule has 2 aromatic rings. The second-order valence-electron chi connectivity index (χ2n) is 6.27. The van der Waals surface area contributed by atoms with Crippen molar-refractivity contribution in [3.63, 3.8) is 0 Å². The van der Waals surface area contributed by atoms with Crippen LogP contribution < -0.4 is 0 Å². The molecule has 0 spiro atoms. The van der Waals surface area contributed by atoms with Crippen LogP contribution >= 0.6 is 47.5 Å². The Hall–Kier alpha value is -0.660. The first-order chi connectivity index (χ1) is 13.1. The van der Waals surface area contributed by atoms with Crippen molar-refractivity contribution in [2.24, 2.45) is 0 Å². The van der Waals surface area contributed by atoms with E-state index in [1.54, 1.807) is 35.3 Å². The number of thiocarbonyl (C=S) groups is 1. The van der Waals surface area contributed by atoms with Crippen LogP contribution in [0.25, 0.3) is 0 Å². The van der Waals surface area contributed by atoms with E-state index in [2.05, 4.69) is 84.7 Å². The predicted molar refractivity (Wildman–Crippen MR) is 127 cm³/mol. The number of thioether (sulfide) groups is 3. The SMILES string of the molecule is CCN1C(=S)SC(c2ccc(SC)cc2)N(CC)C1c1ccc(SC)cc1. The summed E-state index contributed by atoms with van der Waals surface area (Å²) >= 11 is 11.2. The molecule has 3 rings (SSSR count). The highest BCUT2D eigenvalue weighted by molar-refractivity contribution is 8.23. The average molecular weight is 435 g/mol. The van der Waals surface area contributed by atoms with E-state index < -0.39 is 0 Å². The second-order valence-corrected chi connectivity index (χ2v) is 9.75. The highest BCUT2D eigenvalue weighted by Gasteiger charge is 2.38. The molecule has 2 atom stereocenters. The van der Waals surface area contributed by atoms with Gasteiger partial charge in [-0.15, -0.1) is 23.5 Å². The summed E-state index contributed by atoms with van der Waals surface area (Å²) in [5.74, 6) is 0. The lowest BCUT2D eigenvalue weighted by molar-refractivity contribution is 0.0851. The molecular formula is C21H26N2S4. The Morgan fingerprint density at radius 2 is 1.37 bits per heavy atom. The van der Waals surface area contributed by atoms with Crippen molar-refractivity contribution >= 4 is 51.8 Å². The topological polar surface area (TPSA) is 6.48 Å². The molecule has 2 aromatic carbocycles. The zero-order valence-electron chi connectivity index (χ0n) is 16.2. The molecule has 27 heavy (non-hydrogen) atoms. The zero-order valence-corrected chi connectivity index (χ0v) is 19.5. The minimum Gasteiger partial charge on any atom is -0.338 e. The van der Waals surface area contributed by atoms with E-state index in [-0.39, 0.29) is 11.5 Å². The largest absolute Gasteiger partial charge is 0.338 e. The molecule has 6 heteroatoms. The maximum atomic E-state index is 5.83. The fourth-order valence-corrected chi connectivity index (χ4v) is 6.02. The lowest BCUT2D eigenvalue weighted by Gasteiger charge is -2.48. The van der Waals surface area contributed by atoms with Crippen molar-refractivity contribution in [1.29, 1.82) is 0 Å². The lowest BCUT2D eigenvalue weighted by Crippen LogP contribution is -2.48. The Balaban J connectivity index is 1.99. The third-order valence-corrected chi connectivity index (χ3v) is 8.09. The van der Waals surface area contributed by atoms with Crippen LogP contribution in [0.4, 0.5) is 0 Å². The van der Waals surface area contributed by atoms with E-state index in [9.17, 15) is 0 Å². The molecule has 0 amide bonds. The maximum absolute atomic E-state index is 5.83. The van der Waals surface area contributed by atoms with Gasteiger partial charge >= 0.3 is 0 Å². The van der Waals surface area contributed by atoms with Crippen molar-refractivity contribution in [2.75, 3.05) is 25.6 Å². The summed E-state index contributed by atoms with van der Waals surface area (Å²) in [6.45, 7) is 6.32.